The number of nitrogens with one attached hydrogen (secondary N) is 2. The molecular weight excluding hydrogens is 256 g/mol. The van der Waals surface area contributed by atoms with Crippen LogP contribution in [0, 0.1) is 0 Å². The smallest absolute Gasteiger partial charge is 0.239 e. The first-order valence-electron chi connectivity index (χ1n) is 7.23. The lowest BCUT2D eigenvalue weighted by molar-refractivity contribution is -0.121. The maximum absolute atomic E-state index is 11.7. The Balaban J connectivity index is 2.20. The molecule has 0 aromatic carbocycles. The maximum Gasteiger partial charge on any atom is 0.239 e. The second-order valence-electron chi connectivity index (χ2n) is 4.73. The maximum atomic E-state index is 11.7. The number of hydrogen-bond donors (Lipinski definition) is 2. The van der Waals surface area contributed by atoms with Gasteiger partial charge in [0.2, 0.25) is 5.91 Å². The van der Waals surface area contributed by atoms with Crippen molar-refractivity contribution in [3.63, 3.8) is 0 Å². The van der Waals surface area contributed by atoms with E-state index in [4.69, 9.17) is 4.74 Å². The van der Waals surface area contributed by atoms with E-state index in [0.29, 0.717) is 19.7 Å². The Kier molecular flexibility index (Phi) is 8.66. The van der Waals surface area contributed by atoms with Gasteiger partial charge in [0, 0.05) is 39.4 Å². The van der Waals surface area contributed by atoms with E-state index >= 15 is 0 Å². The van der Waals surface area contributed by atoms with Crippen molar-refractivity contribution >= 4 is 5.91 Å². The SMILES string of the molecule is CCCNCCc1cn(CC(=O)NCCCOC)cn1. The summed E-state index contributed by atoms with van der Waals surface area (Å²) in [5, 5.41) is 6.19. The molecule has 0 fully saturated rings. The molecule has 114 valence electrons. The number of imidazole rings is 1. The van der Waals surface area contributed by atoms with Crippen LogP contribution in [0.4, 0.5) is 0 Å². The molecule has 20 heavy (non-hydrogen) atoms. The molecule has 1 aromatic rings. The van der Waals surface area contributed by atoms with E-state index in [-0.39, 0.29) is 5.91 Å². The van der Waals surface area contributed by atoms with Crippen molar-refractivity contribution in [3.05, 3.63) is 18.2 Å². The van der Waals surface area contributed by atoms with E-state index in [1.54, 1.807) is 13.4 Å². The van der Waals surface area contributed by atoms with Crippen LogP contribution >= 0.6 is 0 Å². The number of rotatable bonds is 11. The summed E-state index contributed by atoms with van der Waals surface area (Å²) in [7, 11) is 1.66. The molecule has 0 unspecified atom stereocenters. The summed E-state index contributed by atoms with van der Waals surface area (Å²) < 4.78 is 6.75. The molecule has 0 bridgehead atoms. The van der Waals surface area contributed by atoms with Gasteiger partial charge in [-0.15, -0.1) is 0 Å². The van der Waals surface area contributed by atoms with Crippen molar-refractivity contribution in [2.45, 2.75) is 32.7 Å². The summed E-state index contributed by atoms with van der Waals surface area (Å²) >= 11 is 0. The second kappa shape index (κ2) is 10.4. The summed E-state index contributed by atoms with van der Waals surface area (Å²) in [6.07, 6.45) is 6.51. The van der Waals surface area contributed by atoms with Crippen LogP contribution in [0.1, 0.15) is 25.5 Å². The molecule has 1 rings (SSSR count). The monoisotopic (exact) mass is 282 g/mol. The molecule has 0 saturated heterocycles. The van der Waals surface area contributed by atoms with Gasteiger partial charge in [-0.25, -0.2) is 4.98 Å². The molecule has 2 N–H and O–H groups in total. The Labute approximate surface area is 120 Å². The predicted octanol–water partition coefficient (Wildman–Crippen LogP) is 0.578. The Morgan fingerprint density at radius 3 is 3.00 bits per heavy atom. The number of methoxy groups -OCH3 is 1. The van der Waals surface area contributed by atoms with E-state index in [1.807, 2.05) is 10.8 Å². The first kappa shape index (κ1) is 16.7. The third-order valence-corrected chi connectivity index (χ3v) is 2.85. The van der Waals surface area contributed by atoms with Crippen LogP contribution in [0.15, 0.2) is 12.5 Å². The molecule has 0 saturated carbocycles. The standard InChI is InChI=1S/C14H26N4O2/c1-3-6-15-8-5-13-10-18(12-17-13)11-14(19)16-7-4-9-20-2/h10,12,15H,3-9,11H2,1-2H3,(H,16,19). The fourth-order valence-corrected chi connectivity index (χ4v) is 1.81. The highest BCUT2D eigenvalue weighted by atomic mass is 16.5. The average molecular weight is 282 g/mol. The molecule has 0 aliphatic carbocycles. The summed E-state index contributed by atoms with van der Waals surface area (Å²) in [5.41, 5.74) is 1.01. The molecule has 0 radical (unpaired) electrons. The highest BCUT2D eigenvalue weighted by Crippen LogP contribution is 1.97. The zero-order chi connectivity index (χ0) is 14.6. The number of nitrogens with zero attached hydrogens (tertiary/aromatic N) is 2. The van der Waals surface area contributed by atoms with Crippen molar-refractivity contribution in [2.75, 3.05) is 33.4 Å². The number of ether oxygens (including phenoxy) is 1. The van der Waals surface area contributed by atoms with Crippen LogP contribution < -0.4 is 10.6 Å². The van der Waals surface area contributed by atoms with Gasteiger partial charge in [0.1, 0.15) is 6.54 Å². The third kappa shape index (κ3) is 7.25. The fourth-order valence-electron chi connectivity index (χ4n) is 1.81. The molecule has 1 amide bonds. The number of carbonyl (C=O) groups excluding carboxylic acids is 1. The van der Waals surface area contributed by atoms with E-state index in [2.05, 4.69) is 22.5 Å². The lowest BCUT2D eigenvalue weighted by Crippen LogP contribution is -2.28. The fraction of sp³-hybridized carbons (Fsp3) is 0.714. The van der Waals surface area contributed by atoms with Crippen LogP contribution in [0.2, 0.25) is 0 Å². The first-order chi connectivity index (χ1) is 9.76. The number of carbonyl (C=O) groups is 1. The zero-order valence-electron chi connectivity index (χ0n) is 12.5. The largest absolute Gasteiger partial charge is 0.385 e. The van der Waals surface area contributed by atoms with E-state index < -0.39 is 0 Å². The van der Waals surface area contributed by atoms with Gasteiger partial charge in [0.05, 0.1) is 12.0 Å². The topological polar surface area (TPSA) is 68.2 Å². The van der Waals surface area contributed by atoms with Crippen LogP contribution in [-0.4, -0.2) is 48.8 Å². The number of aromatic nitrogens is 2. The molecule has 1 aromatic heterocycles. The van der Waals surface area contributed by atoms with Crippen molar-refractivity contribution < 1.29 is 9.53 Å². The van der Waals surface area contributed by atoms with Gasteiger partial charge in [-0.1, -0.05) is 6.92 Å². The van der Waals surface area contributed by atoms with Crippen molar-refractivity contribution in [1.29, 1.82) is 0 Å². The van der Waals surface area contributed by atoms with Gasteiger partial charge in [-0.2, -0.15) is 0 Å². The van der Waals surface area contributed by atoms with Gasteiger partial charge < -0.3 is 19.9 Å². The normalized spacial score (nSPS) is 10.7. The van der Waals surface area contributed by atoms with E-state index in [0.717, 1.165) is 38.0 Å². The number of hydrogen-bond acceptors (Lipinski definition) is 4. The molecule has 1 heterocycles. The lowest BCUT2D eigenvalue weighted by Gasteiger charge is -2.05. The molecule has 6 heteroatoms. The molecule has 0 aliphatic heterocycles. The summed E-state index contributed by atoms with van der Waals surface area (Å²) in [6, 6.07) is 0. The van der Waals surface area contributed by atoms with Crippen LogP contribution in [-0.2, 0) is 22.5 Å². The summed E-state index contributed by atoms with van der Waals surface area (Å²) in [5.74, 6) is 0.00848. The Bertz CT molecular complexity index is 379. The molecule has 0 aliphatic rings. The van der Waals surface area contributed by atoms with Gasteiger partial charge >= 0.3 is 0 Å². The molecular formula is C14H26N4O2. The lowest BCUT2D eigenvalue weighted by atomic mass is 10.3. The minimum atomic E-state index is 0.00848. The zero-order valence-corrected chi connectivity index (χ0v) is 12.5. The minimum Gasteiger partial charge on any atom is -0.385 e. The molecule has 6 nitrogen and oxygen atoms in total. The Morgan fingerprint density at radius 1 is 1.40 bits per heavy atom. The highest BCUT2D eigenvalue weighted by Gasteiger charge is 2.04. The van der Waals surface area contributed by atoms with Gasteiger partial charge in [-0.3, -0.25) is 4.79 Å². The molecule has 0 spiro atoms. The second-order valence-corrected chi connectivity index (χ2v) is 4.73. The van der Waals surface area contributed by atoms with Gasteiger partial charge in [0.25, 0.3) is 0 Å². The molecule has 0 atom stereocenters. The summed E-state index contributed by atoms with van der Waals surface area (Å²) in [6.45, 7) is 5.74. The first-order valence-corrected chi connectivity index (χ1v) is 7.23. The van der Waals surface area contributed by atoms with Crippen LogP contribution in [0.25, 0.3) is 0 Å². The Morgan fingerprint density at radius 2 is 2.25 bits per heavy atom. The average Bonchev–Trinajstić information content (AvgIpc) is 2.87. The Hall–Kier alpha value is -1.40. The minimum absolute atomic E-state index is 0.00848. The third-order valence-electron chi connectivity index (χ3n) is 2.85. The van der Waals surface area contributed by atoms with Gasteiger partial charge in [0.15, 0.2) is 0 Å². The van der Waals surface area contributed by atoms with Crippen molar-refractivity contribution in [2.24, 2.45) is 0 Å². The van der Waals surface area contributed by atoms with Crippen LogP contribution in [0.3, 0.4) is 0 Å². The van der Waals surface area contributed by atoms with E-state index in [9.17, 15) is 4.79 Å². The predicted molar refractivity (Wildman–Crippen MR) is 78.6 cm³/mol. The quantitative estimate of drug-likeness (QED) is 0.583. The number of amides is 1. The van der Waals surface area contributed by atoms with Crippen molar-refractivity contribution in [3.8, 4) is 0 Å². The van der Waals surface area contributed by atoms with E-state index in [1.165, 1.54) is 0 Å². The van der Waals surface area contributed by atoms with Crippen molar-refractivity contribution in [1.82, 2.24) is 20.2 Å². The van der Waals surface area contributed by atoms with Crippen LogP contribution in [0.5, 0.6) is 0 Å². The summed E-state index contributed by atoms with van der Waals surface area (Å²) in [4.78, 5) is 16.0. The highest BCUT2D eigenvalue weighted by molar-refractivity contribution is 5.75. The van der Waals surface area contributed by atoms with Gasteiger partial charge in [-0.05, 0) is 19.4 Å².